The maximum atomic E-state index is 12.5. The van der Waals surface area contributed by atoms with E-state index in [0.29, 0.717) is 39.8 Å². The van der Waals surface area contributed by atoms with E-state index in [9.17, 15) is 13.2 Å². The van der Waals surface area contributed by atoms with E-state index in [4.69, 9.17) is 10.5 Å². The van der Waals surface area contributed by atoms with Crippen molar-refractivity contribution >= 4 is 59.0 Å². The van der Waals surface area contributed by atoms with E-state index in [1.54, 1.807) is 6.07 Å². The normalized spacial score (nSPS) is 15.1. The van der Waals surface area contributed by atoms with Crippen molar-refractivity contribution in [3.63, 3.8) is 0 Å². The molecule has 3 rings (SSSR count). The molecule has 6 nitrogen and oxygen atoms in total. The van der Waals surface area contributed by atoms with Crippen LogP contribution in [0.4, 0.5) is 11.4 Å². The number of nitrogens with two attached hydrogens (primary N) is 1. The molecule has 156 valence electrons. The van der Waals surface area contributed by atoms with Gasteiger partial charge in [-0.1, -0.05) is 0 Å². The van der Waals surface area contributed by atoms with Crippen LogP contribution in [0.5, 0.6) is 5.75 Å². The summed E-state index contributed by atoms with van der Waals surface area (Å²) < 4.78 is 32.0. The van der Waals surface area contributed by atoms with Crippen molar-refractivity contribution in [1.82, 2.24) is 0 Å². The second kappa shape index (κ2) is 8.28. The van der Waals surface area contributed by atoms with Crippen LogP contribution in [0.3, 0.4) is 0 Å². The standard InChI is InChI=1S/C20H22Br2N2O4S/c1-20(2)14-9-12(5-6-17(14)24-19(20)25)28-7-3-4-8-29(26,27)13-10-15(21)18(23)16(22)11-13/h5-6,9-11H,3-4,7-8,23H2,1-2H3,(H,24,25). The predicted octanol–water partition coefficient (Wildman–Crippen LogP) is 4.66. The lowest BCUT2D eigenvalue weighted by atomic mass is 9.86. The number of ether oxygens (including phenoxy) is 1. The quantitative estimate of drug-likeness (QED) is 0.389. The third-order valence-electron chi connectivity index (χ3n) is 4.97. The molecule has 0 aromatic heterocycles. The zero-order valence-corrected chi connectivity index (χ0v) is 20.1. The lowest BCUT2D eigenvalue weighted by Crippen LogP contribution is -2.26. The van der Waals surface area contributed by atoms with Crippen molar-refractivity contribution in [2.45, 2.75) is 37.0 Å². The number of fused-ring (bicyclic) bond motifs is 1. The highest BCUT2D eigenvalue weighted by molar-refractivity contribution is 9.11. The Morgan fingerprint density at radius 3 is 2.41 bits per heavy atom. The number of benzene rings is 2. The van der Waals surface area contributed by atoms with Gasteiger partial charge in [0.15, 0.2) is 9.84 Å². The summed E-state index contributed by atoms with van der Waals surface area (Å²) in [6.07, 6.45) is 1.06. The minimum Gasteiger partial charge on any atom is -0.494 e. The average Bonchev–Trinajstić information content (AvgIpc) is 2.88. The van der Waals surface area contributed by atoms with Gasteiger partial charge in [0, 0.05) is 14.6 Å². The van der Waals surface area contributed by atoms with E-state index >= 15 is 0 Å². The number of carbonyl (C=O) groups excluding carboxylic acids is 1. The molecule has 1 aliphatic heterocycles. The third-order valence-corrected chi connectivity index (χ3v) is 8.06. The summed E-state index contributed by atoms with van der Waals surface area (Å²) in [6, 6.07) is 8.55. The molecule has 0 aliphatic carbocycles. The van der Waals surface area contributed by atoms with Crippen molar-refractivity contribution in [1.29, 1.82) is 0 Å². The van der Waals surface area contributed by atoms with Gasteiger partial charge in [-0.05, 0) is 94.4 Å². The number of rotatable bonds is 7. The predicted molar refractivity (Wildman–Crippen MR) is 121 cm³/mol. The Hall–Kier alpha value is -1.58. The van der Waals surface area contributed by atoms with Gasteiger partial charge in [-0.3, -0.25) is 4.79 Å². The van der Waals surface area contributed by atoms with E-state index in [2.05, 4.69) is 37.2 Å². The Morgan fingerprint density at radius 1 is 1.10 bits per heavy atom. The second-order valence-corrected chi connectivity index (χ2v) is 11.3. The fourth-order valence-electron chi connectivity index (χ4n) is 3.08. The summed E-state index contributed by atoms with van der Waals surface area (Å²) in [5.41, 5.74) is 7.40. The number of nitrogens with one attached hydrogen (secondary N) is 1. The summed E-state index contributed by atoms with van der Waals surface area (Å²) in [5, 5.41) is 2.86. The van der Waals surface area contributed by atoms with Gasteiger partial charge in [-0.25, -0.2) is 8.42 Å². The Kier molecular flexibility index (Phi) is 6.31. The van der Waals surface area contributed by atoms with Crippen LogP contribution < -0.4 is 15.8 Å². The molecule has 0 atom stereocenters. The summed E-state index contributed by atoms with van der Waals surface area (Å²) in [4.78, 5) is 12.2. The highest BCUT2D eigenvalue weighted by atomic mass is 79.9. The van der Waals surface area contributed by atoms with Gasteiger partial charge in [0.25, 0.3) is 0 Å². The number of hydrogen-bond donors (Lipinski definition) is 2. The SMILES string of the molecule is CC1(C)C(=O)Nc2ccc(OCCCCS(=O)(=O)c3cc(Br)c(N)c(Br)c3)cc21. The molecule has 2 aromatic rings. The molecule has 29 heavy (non-hydrogen) atoms. The summed E-state index contributed by atoms with van der Waals surface area (Å²) in [7, 11) is -3.41. The van der Waals surface area contributed by atoms with Crippen molar-refractivity contribution in [2.24, 2.45) is 0 Å². The molecule has 0 saturated carbocycles. The van der Waals surface area contributed by atoms with Gasteiger partial charge in [-0.15, -0.1) is 0 Å². The van der Waals surface area contributed by atoms with Gasteiger partial charge in [-0.2, -0.15) is 0 Å². The van der Waals surface area contributed by atoms with E-state index in [-0.39, 0.29) is 16.6 Å². The maximum Gasteiger partial charge on any atom is 0.234 e. The van der Waals surface area contributed by atoms with Crippen molar-refractivity contribution in [3.05, 3.63) is 44.8 Å². The lowest BCUT2D eigenvalue weighted by Gasteiger charge is -2.16. The minimum absolute atomic E-state index is 0.0226. The first-order chi connectivity index (χ1) is 13.5. The average molecular weight is 546 g/mol. The van der Waals surface area contributed by atoms with Crippen molar-refractivity contribution in [3.8, 4) is 5.75 Å². The smallest absolute Gasteiger partial charge is 0.234 e. The fraction of sp³-hybridized carbons (Fsp3) is 0.350. The molecule has 0 saturated heterocycles. The van der Waals surface area contributed by atoms with Gasteiger partial charge < -0.3 is 15.8 Å². The molecule has 9 heteroatoms. The molecule has 1 aliphatic rings. The summed E-state index contributed by atoms with van der Waals surface area (Å²) in [6.45, 7) is 4.14. The number of halogens is 2. The van der Waals surface area contributed by atoms with Crippen molar-refractivity contribution in [2.75, 3.05) is 23.4 Å². The number of carbonyl (C=O) groups is 1. The molecule has 3 N–H and O–H groups in total. The van der Waals surface area contributed by atoms with E-state index < -0.39 is 15.3 Å². The number of amides is 1. The zero-order chi connectivity index (χ0) is 21.4. The third kappa shape index (κ3) is 4.62. The van der Waals surface area contributed by atoms with Crippen LogP contribution in [-0.4, -0.2) is 26.7 Å². The topological polar surface area (TPSA) is 98.5 Å². The van der Waals surface area contributed by atoms with Crippen LogP contribution in [0.15, 0.2) is 44.2 Å². The van der Waals surface area contributed by atoms with E-state index in [1.807, 2.05) is 26.0 Å². The van der Waals surface area contributed by atoms with Crippen LogP contribution in [0.2, 0.25) is 0 Å². The highest BCUT2D eigenvalue weighted by Gasteiger charge is 2.38. The molecule has 0 fully saturated rings. The number of unbranched alkanes of at least 4 members (excludes halogenated alkanes) is 1. The van der Waals surface area contributed by atoms with E-state index in [0.717, 1.165) is 11.3 Å². The van der Waals surface area contributed by atoms with Gasteiger partial charge in [0.05, 0.1) is 28.4 Å². The minimum atomic E-state index is -3.41. The Bertz CT molecular complexity index is 1050. The number of nitrogen functional groups attached to an aromatic ring is 1. The summed E-state index contributed by atoms with van der Waals surface area (Å²) in [5.74, 6) is 0.660. The highest BCUT2D eigenvalue weighted by Crippen LogP contribution is 2.39. The Morgan fingerprint density at radius 2 is 1.76 bits per heavy atom. The first-order valence-corrected chi connectivity index (χ1v) is 12.3. The molecular formula is C20H22Br2N2O4S. The van der Waals surface area contributed by atoms with Crippen LogP contribution in [0, 0.1) is 0 Å². The lowest BCUT2D eigenvalue weighted by molar-refractivity contribution is -0.119. The maximum absolute atomic E-state index is 12.5. The first-order valence-electron chi connectivity index (χ1n) is 9.08. The Labute approximate surface area is 187 Å². The Balaban J connectivity index is 1.54. The summed E-state index contributed by atoms with van der Waals surface area (Å²) >= 11 is 6.55. The second-order valence-electron chi connectivity index (χ2n) is 7.46. The molecule has 0 spiro atoms. The zero-order valence-electron chi connectivity index (χ0n) is 16.1. The van der Waals surface area contributed by atoms with Crippen molar-refractivity contribution < 1.29 is 17.9 Å². The molecule has 1 amide bonds. The largest absolute Gasteiger partial charge is 0.494 e. The van der Waals surface area contributed by atoms with Gasteiger partial charge >= 0.3 is 0 Å². The molecular weight excluding hydrogens is 524 g/mol. The first kappa shape index (κ1) is 22.1. The van der Waals surface area contributed by atoms with Gasteiger partial charge in [0.1, 0.15) is 5.75 Å². The molecule has 0 bridgehead atoms. The number of hydrogen-bond acceptors (Lipinski definition) is 5. The van der Waals surface area contributed by atoms with E-state index in [1.165, 1.54) is 12.1 Å². The van der Waals surface area contributed by atoms with Gasteiger partial charge in [0.2, 0.25) is 5.91 Å². The van der Waals surface area contributed by atoms with Crippen LogP contribution in [0.1, 0.15) is 32.3 Å². The number of anilines is 2. The molecule has 0 radical (unpaired) electrons. The van der Waals surface area contributed by atoms with Crippen LogP contribution >= 0.6 is 31.9 Å². The monoisotopic (exact) mass is 544 g/mol. The van der Waals surface area contributed by atoms with Crippen LogP contribution in [-0.2, 0) is 20.0 Å². The molecule has 0 unspecified atom stereocenters. The fourth-order valence-corrected chi connectivity index (χ4v) is 5.99. The number of sulfone groups is 1. The molecule has 2 aromatic carbocycles. The van der Waals surface area contributed by atoms with Crippen LogP contribution in [0.25, 0.3) is 0 Å². The molecule has 1 heterocycles.